The highest BCUT2D eigenvalue weighted by Crippen LogP contribution is 2.64. The molecule has 0 bridgehead atoms. The van der Waals surface area contributed by atoms with Crippen molar-refractivity contribution in [3.8, 4) is 5.75 Å². The van der Waals surface area contributed by atoms with E-state index in [1.807, 2.05) is 19.9 Å². The van der Waals surface area contributed by atoms with Crippen LogP contribution in [0.5, 0.6) is 5.75 Å². The Morgan fingerprint density at radius 3 is 2.52 bits per heavy atom. The van der Waals surface area contributed by atoms with Crippen molar-refractivity contribution in [2.75, 3.05) is 6.61 Å². The van der Waals surface area contributed by atoms with Gasteiger partial charge in [-0.05, 0) is 85.1 Å². The highest BCUT2D eigenvalue weighted by molar-refractivity contribution is 5.74. The Labute approximate surface area is 164 Å². The summed E-state index contributed by atoms with van der Waals surface area (Å²) < 4.78 is 0. The number of fused-ring (bicyclic) bond motifs is 5. The largest absolute Gasteiger partial charge is 0.508 e. The summed E-state index contributed by atoms with van der Waals surface area (Å²) in [6.45, 7) is 10.4. The maximum Gasteiger partial charge on any atom is 0.126 e. The molecule has 3 heteroatoms. The van der Waals surface area contributed by atoms with Gasteiger partial charge in [-0.1, -0.05) is 39.8 Å². The predicted molar refractivity (Wildman–Crippen MR) is 112 cm³/mol. The SMILES string of the molecule is CC.CCO.C[C@]1(C=O)CCC2[C@@H]3CCc4cc(O)ccc4C3=CC[C@@]21C. The van der Waals surface area contributed by atoms with Gasteiger partial charge in [-0.15, -0.1) is 0 Å². The van der Waals surface area contributed by atoms with E-state index >= 15 is 0 Å². The average Bonchev–Trinajstić information content (AvgIpc) is 2.95. The van der Waals surface area contributed by atoms with Crippen molar-refractivity contribution < 1.29 is 15.0 Å². The number of phenols is 1. The molecule has 4 atom stereocenters. The van der Waals surface area contributed by atoms with E-state index < -0.39 is 0 Å². The number of carbonyl (C=O) groups is 1. The minimum Gasteiger partial charge on any atom is -0.508 e. The summed E-state index contributed by atoms with van der Waals surface area (Å²) in [4.78, 5) is 11.7. The molecule has 1 aromatic rings. The molecule has 1 unspecified atom stereocenters. The van der Waals surface area contributed by atoms with Gasteiger partial charge < -0.3 is 15.0 Å². The molecule has 150 valence electrons. The van der Waals surface area contributed by atoms with Crippen LogP contribution >= 0.6 is 0 Å². The van der Waals surface area contributed by atoms with Crippen molar-refractivity contribution >= 4 is 11.9 Å². The molecule has 4 rings (SSSR count). The second kappa shape index (κ2) is 8.60. The van der Waals surface area contributed by atoms with Gasteiger partial charge in [0.25, 0.3) is 0 Å². The first-order chi connectivity index (χ1) is 12.9. The van der Waals surface area contributed by atoms with Crippen LogP contribution in [0.3, 0.4) is 0 Å². The summed E-state index contributed by atoms with van der Waals surface area (Å²) in [5, 5.41) is 17.3. The molecule has 1 saturated carbocycles. The molecule has 3 aliphatic carbocycles. The molecule has 0 aromatic heterocycles. The van der Waals surface area contributed by atoms with E-state index in [0.29, 0.717) is 17.6 Å². The van der Waals surface area contributed by atoms with Crippen LogP contribution in [0.25, 0.3) is 5.57 Å². The summed E-state index contributed by atoms with van der Waals surface area (Å²) >= 11 is 0. The van der Waals surface area contributed by atoms with Crippen molar-refractivity contribution in [3.05, 3.63) is 35.4 Å². The number of aliphatic hydroxyl groups excluding tert-OH is 1. The molecule has 3 nitrogen and oxygen atoms in total. The van der Waals surface area contributed by atoms with Crippen molar-refractivity contribution in [1.29, 1.82) is 0 Å². The number of allylic oxidation sites excluding steroid dienone is 2. The lowest BCUT2D eigenvalue weighted by Gasteiger charge is -2.49. The standard InChI is InChI=1S/C20H24O2.C2H6O.C2H6/c1-19(12-21)9-8-18-17-5-3-13-11-14(22)4-6-15(13)16(17)7-10-20(18,19)2;1-2-3;1-2/h4,6-7,11-12,17-18,22H,3,5,8-10H2,1-2H3;3H,2H2,1H3;1-2H3/t17-,18?,19-,20+;;/m1../s1. The van der Waals surface area contributed by atoms with Gasteiger partial charge in [0.05, 0.1) is 0 Å². The molecular formula is C24H36O3. The number of hydrogen-bond donors (Lipinski definition) is 2. The second-order valence-corrected chi connectivity index (χ2v) is 8.26. The number of hydrogen-bond acceptors (Lipinski definition) is 3. The predicted octanol–water partition coefficient (Wildman–Crippen LogP) is 5.39. The number of rotatable bonds is 1. The Morgan fingerprint density at radius 2 is 1.89 bits per heavy atom. The fourth-order valence-corrected chi connectivity index (χ4v) is 5.44. The van der Waals surface area contributed by atoms with Gasteiger partial charge in [-0.2, -0.15) is 0 Å². The zero-order valence-corrected chi connectivity index (χ0v) is 17.6. The molecule has 3 aliphatic rings. The van der Waals surface area contributed by atoms with E-state index in [4.69, 9.17) is 5.11 Å². The van der Waals surface area contributed by atoms with Crippen LogP contribution in [0, 0.1) is 22.7 Å². The topological polar surface area (TPSA) is 57.5 Å². The van der Waals surface area contributed by atoms with Gasteiger partial charge in [-0.25, -0.2) is 0 Å². The highest BCUT2D eigenvalue weighted by Gasteiger charge is 2.58. The van der Waals surface area contributed by atoms with E-state index in [0.717, 1.165) is 25.7 Å². The summed E-state index contributed by atoms with van der Waals surface area (Å²) in [7, 11) is 0. The van der Waals surface area contributed by atoms with Crippen LogP contribution in [0.1, 0.15) is 71.4 Å². The zero-order chi connectivity index (χ0) is 20.2. The van der Waals surface area contributed by atoms with Crippen LogP contribution in [-0.2, 0) is 11.2 Å². The van der Waals surface area contributed by atoms with Gasteiger partial charge in [0.2, 0.25) is 0 Å². The van der Waals surface area contributed by atoms with Crippen LogP contribution in [0.15, 0.2) is 24.3 Å². The van der Waals surface area contributed by atoms with Gasteiger partial charge in [-0.3, -0.25) is 0 Å². The quantitative estimate of drug-likeness (QED) is 0.650. The lowest BCUT2D eigenvalue weighted by molar-refractivity contribution is -0.121. The Morgan fingerprint density at radius 1 is 1.22 bits per heavy atom. The smallest absolute Gasteiger partial charge is 0.126 e. The van der Waals surface area contributed by atoms with Crippen molar-refractivity contribution in [2.24, 2.45) is 22.7 Å². The van der Waals surface area contributed by atoms with Gasteiger partial charge in [0.15, 0.2) is 0 Å². The molecule has 0 heterocycles. The number of phenolic OH excluding ortho intramolecular Hbond substituents is 1. The third-order valence-electron chi connectivity index (χ3n) is 7.11. The fourth-order valence-electron chi connectivity index (χ4n) is 5.44. The van der Waals surface area contributed by atoms with Crippen LogP contribution < -0.4 is 0 Å². The Hall–Kier alpha value is -1.61. The maximum absolute atomic E-state index is 11.7. The number of aliphatic hydroxyl groups is 1. The van der Waals surface area contributed by atoms with E-state index in [1.54, 1.807) is 13.0 Å². The van der Waals surface area contributed by atoms with E-state index in [1.165, 1.54) is 29.4 Å². The van der Waals surface area contributed by atoms with Crippen molar-refractivity contribution in [3.63, 3.8) is 0 Å². The van der Waals surface area contributed by atoms with Crippen molar-refractivity contribution in [2.45, 2.75) is 66.7 Å². The first kappa shape index (κ1) is 21.7. The van der Waals surface area contributed by atoms with Gasteiger partial charge in [0.1, 0.15) is 12.0 Å². The Balaban J connectivity index is 0.000000478. The summed E-state index contributed by atoms with van der Waals surface area (Å²) in [6, 6.07) is 5.81. The summed E-state index contributed by atoms with van der Waals surface area (Å²) in [5.41, 5.74) is 4.02. The van der Waals surface area contributed by atoms with Crippen molar-refractivity contribution in [1.82, 2.24) is 0 Å². The average molecular weight is 373 g/mol. The van der Waals surface area contributed by atoms with E-state index in [2.05, 4.69) is 26.0 Å². The zero-order valence-electron chi connectivity index (χ0n) is 17.6. The van der Waals surface area contributed by atoms with Gasteiger partial charge >= 0.3 is 0 Å². The molecule has 1 fully saturated rings. The number of carbonyl (C=O) groups excluding carboxylic acids is 1. The lowest BCUT2D eigenvalue weighted by atomic mass is 9.55. The van der Waals surface area contributed by atoms with Gasteiger partial charge in [0, 0.05) is 12.0 Å². The van der Waals surface area contributed by atoms with Crippen LogP contribution in [0.4, 0.5) is 0 Å². The molecular weight excluding hydrogens is 336 g/mol. The van der Waals surface area contributed by atoms with Crippen LogP contribution in [-0.4, -0.2) is 23.1 Å². The molecule has 0 amide bonds. The number of benzene rings is 1. The second-order valence-electron chi connectivity index (χ2n) is 8.26. The van der Waals surface area contributed by atoms with Crippen LogP contribution in [0.2, 0.25) is 0 Å². The molecule has 0 aliphatic heterocycles. The monoisotopic (exact) mass is 372 g/mol. The third kappa shape index (κ3) is 3.59. The van der Waals surface area contributed by atoms with E-state index in [-0.39, 0.29) is 17.4 Å². The normalized spacial score (nSPS) is 33.0. The first-order valence-electron chi connectivity index (χ1n) is 10.5. The first-order valence-corrected chi connectivity index (χ1v) is 10.5. The van der Waals surface area contributed by atoms with E-state index in [9.17, 15) is 9.90 Å². The molecule has 0 radical (unpaired) electrons. The molecule has 2 N–H and O–H groups in total. The minimum absolute atomic E-state index is 0.108. The summed E-state index contributed by atoms with van der Waals surface area (Å²) in [5.74, 6) is 1.56. The molecule has 1 aromatic carbocycles. The minimum atomic E-state index is -0.172. The Kier molecular flexibility index (Phi) is 6.91. The lowest BCUT2D eigenvalue weighted by Crippen LogP contribution is -2.43. The number of aromatic hydroxyl groups is 1. The Bertz CT molecular complexity index is 693. The highest BCUT2D eigenvalue weighted by atomic mass is 16.3. The molecule has 0 spiro atoms. The number of aldehydes is 1. The maximum atomic E-state index is 11.7. The summed E-state index contributed by atoms with van der Waals surface area (Å²) in [6.07, 6.45) is 9.00. The third-order valence-corrected chi connectivity index (χ3v) is 7.11. The number of aryl methyl sites for hydroxylation is 1. The fraction of sp³-hybridized carbons (Fsp3) is 0.625. The molecule has 27 heavy (non-hydrogen) atoms. The molecule has 0 saturated heterocycles.